The van der Waals surface area contributed by atoms with E-state index in [1.165, 1.54) is 0 Å². The molecule has 4 nitrogen and oxygen atoms in total. The summed E-state index contributed by atoms with van der Waals surface area (Å²) in [6.45, 7) is 2.03. The third kappa shape index (κ3) is 1.64. The van der Waals surface area contributed by atoms with Gasteiger partial charge < -0.3 is 4.98 Å². The molecule has 0 saturated heterocycles. The minimum atomic E-state index is 0.625. The molecule has 0 amide bonds. The fraction of sp³-hybridized carbons (Fsp3) is 0.154. The molecule has 0 atom stereocenters. The molecule has 0 saturated carbocycles. The van der Waals surface area contributed by atoms with Crippen molar-refractivity contribution in [3.63, 3.8) is 0 Å². The van der Waals surface area contributed by atoms with Gasteiger partial charge in [0.2, 0.25) is 0 Å². The summed E-state index contributed by atoms with van der Waals surface area (Å²) in [6.07, 6.45) is 3.30. The van der Waals surface area contributed by atoms with Crippen molar-refractivity contribution < 1.29 is 4.79 Å². The summed E-state index contributed by atoms with van der Waals surface area (Å²) >= 11 is 1.61. The molecule has 3 aromatic heterocycles. The van der Waals surface area contributed by atoms with Gasteiger partial charge in [-0.3, -0.25) is 4.79 Å². The lowest BCUT2D eigenvalue weighted by molar-refractivity contribution is 0.112. The molecule has 0 unspecified atom stereocenters. The second kappa shape index (κ2) is 4.34. The zero-order valence-electron chi connectivity index (χ0n) is 9.80. The Morgan fingerprint density at radius 2 is 2.33 bits per heavy atom. The van der Waals surface area contributed by atoms with E-state index in [0.717, 1.165) is 34.3 Å². The summed E-state index contributed by atoms with van der Waals surface area (Å²) in [5.74, 6) is 0.716. The Morgan fingerprint density at radius 3 is 3.00 bits per heavy atom. The van der Waals surface area contributed by atoms with Crippen molar-refractivity contribution in [1.29, 1.82) is 0 Å². The van der Waals surface area contributed by atoms with Gasteiger partial charge in [-0.25, -0.2) is 9.97 Å². The molecule has 0 bridgehead atoms. The van der Waals surface area contributed by atoms with Gasteiger partial charge >= 0.3 is 0 Å². The maximum Gasteiger partial charge on any atom is 0.171 e. The maximum atomic E-state index is 11.0. The van der Waals surface area contributed by atoms with E-state index in [9.17, 15) is 4.79 Å². The first kappa shape index (κ1) is 11.1. The number of hydrogen-bond donors (Lipinski definition) is 1. The Labute approximate surface area is 108 Å². The van der Waals surface area contributed by atoms with Crippen LogP contribution in [0.15, 0.2) is 23.7 Å². The van der Waals surface area contributed by atoms with Gasteiger partial charge in [-0.05, 0) is 17.9 Å². The van der Waals surface area contributed by atoms with Gasteiger partial charge in [-0.15, -0.1) is 11.3 Å². The molecular weight excluding hydrogens is 246 g/mol. The van der Waals surface area contributed by atoms with E-state index in [-0.39, 0.29) is 0 Å². The monoisotopic (exact) mass is 257 g/mol. The Bertz CT molecular complexity index is 700. The number of nitrogens with zero attached hydrogens (tertiary/aromatic N) is 2. The number of rotatable bonds is 3. The summed E-state index contributed by atoms with van der Waals surface area (Å²) in [7, 11) is 0. The molecule has 1 N–H and O–H groups in total. The molecule has 18 heavy (non-hydrogen) atoms. The molecule has 3 aromatic rings. The van der Waals surface area contributed by atoms with E-state index in [1.807, 2.05) is 24.4 Å². The number of nitrogens with one attached hydrogen (secondary N) is 1. The predicted octanol–water partition coefficient (Wildman–Crippen LogP) is 3.06. The number of fused-ring (bicyclic) bond motifs is 1. The van der Waals surface area contributed by atoms with E-state index in [2.05, 4.69) is 15.0 Å². The Hall–Kier alpha value is -2.01. The summed E-state index contributed by atoms with van der Waals surface area (Å²) in [5, 5.41) is 2.84. The molecule has 0 aliphatic heterocycles. The highest BCUT2D eigenvalue weighted by molar-refractivity contribution is 7.13. The third-order valence-electron chi connectivity index (χ3n) is 2.84. The largest absolute Gasteiger partial charge is 0.345 e. The number of aromatic nitrogens is 3. The lowest BCUT2D eigenvalue weighted by atomic mass is 10.1. The van der Waals surface area contributed by atoms with Crippen molar-refractivity contribution in [1.82, 2.24) is 15.0 Å². The average Bonchev–Trinajstić information content (AvgIpc) is 3.06. The molecular formula is C13H11N3OS. The lowest BCUT2D eigenvalue weighted by Gasteiger charge is -2.03. The van der Waals surface area contributed by atoms with Crippen molar-refractivity contribution in [2.24, 2.45) is 0 Å². The van der Waals surface area contributed by atoms with Gasteiger partial charge in [-0.1, -0.05) is 13.0 Å². The molecule has 0 radical (unpaired) electrons. The van der Waals surface area contributed by atoms with Crippen LogP contribution < -0.4 is 0 Å². The Morgan fingerprint density at radius 1 is 1.44 bits per heavy atom. The number of H-pyrrole nitrogens is 1. The Kier molecular flexibility index (Phi) is 2.68. The van der Waals surface area contributed by atoms with Crippen molar-refractivity contribution in [3.8, 4) is 10.7 Å². The fourth-order valence-corrected chi connectivity index (χ4v) is 2.66. The third-order valence-corrected chi connectivity index (χ3v) is 3.71. The first-order valence-electron chi connectivity index (χ1n) is 5.70. The van der Waals surface area contributed by atoms with E-state index in [0.29, 0.717) is 11.4 Å². The number of aryl methyl sites for hydroxylation is 1. The highest BCUT2D eigenvalue weighted by atomic mass is 32.1. The van der Waals surface area contributed by atoms with Crippen LogP contribution in [0.5, 0.6) is 0 Å². The second-order valence-electron chi connectivity index (χ2n) is 3.91. The maximum absolute atomic E-state index is 11.0. The molecule has 0 aliphatic rings. The van der Waals surface area contributed by atoms with Gasteiger partial charge in [0.05, 0.1) is 16.0 Å². The second-order valence-corrected chi connectivity index (χ2v) is 4.86. The molecule has 0 aromatic carbocycles. The smallest absolute Gasteiger partial charge is 0.171 e. The fourth-order valence-electron chi connectivity index (χ4n) is 2.00. The van der Waals surface area contributed by atoms with Crippen LogP contribution in [0.2, 0.25) is 0 Å². The molecule has 5 heteroatoms. The topological polar surface area (TPSA) is 58.6 Å². The van der Waals surface area contributed by atoms with E-state index in [1.54, 1.807) is 17.5 Å². The van der Waals surface area contributed by atoms with Crippen LogP contribution in [0.3, 0.4) is 0 Å². The van der Waals surface area contributed by atoms with Crippen LogP contribution in [0.4, 0.5) is 0 Å². The number of hydrogen-bond acceptors (Lipinski definition) is 4. The highest BCUT2D eigenvalue weighted by Gasteiger charge is 2.13. The molecule has 0 fully saturated rings. The van der Waals surface area contributed by atoms with Gasteiger partial charge in [0, 0.05) is 11.8 Å². The number of thiophene rings is 1. The Balaban J connectivity index is 2.29. The standard InChI is InChI=1S/C13H11N3OS/c1-2-9-11-8(7-17)6-14-13(11)16-12(15-9)10-4-3-5-18-10/h3-7H,2H2,1H3,(H,14,15,16). The summed E-state index contributed by atoms with van der Waals surface area (Å²) in [5.41, 5.74) is 2.26. The number of carbonyl (C=O) groups is 1. The average molecular weight is 257 g/mol. The molecule has 3 heterocycles. The van der Waals surface area contributed by atoms with Crippen molar-refractivity contribution in [3.05, 3.63) is 35.0 Å². The van der Waals surface area contributed by atoms with Crippen LogP contribution in [0.25, 0.3) is 21.7 Å². The number of aromatic amines is 1. The predicted molar refractivity (Wildman–Crippen MR) is 72.0 cm³/mol. The number of aldehydes is 1. The zero-order chi connectivity index (χ0) is 12.5. The normalized spacial score (nSPS) is 10.9. The van der Waals surface area contributed by atoms with Crippen molar-refractivity contribution in [2.75, 3.05) is 0 Å². The van der Waals surface area contributed by atoms with Crippen molar-refractivity contribution in [2.45, 2.75) is 13.3 Å². The molecule has 3 rings (SSSR count). The van der Waals surface area contributed by atoms with Crippen LogP contribution in [0.1, 0.15) is 23.0 Å². The van der Waals surface area contributed by atoms with Gasteiger partial charge in [0.15, 0.2) is 12.1 Å². The van der Waals surface area contributed by atoms with Gasteiger partial charge in [0.1, 0.15) is 5.65 Å². The van der Waals surface area contributed by atoms with Crippen LogP contribution in [-0.4, -0.2) is 21.2 Å². The van der Waals surface area contributed by atoms with E-state index >= 15 is 0 Å². The van der Waals surface area contributed by atoms with Crippen LogP contribution >= 0.6 is 11.3 Å². The van der Waals surface area contributed by atoms with E-state index < -0.39 is 0 Å². The van der Waals surface area contributed by atoms with E-state index in [4.69, 9.17) is 0 Å². The number of carbonyl (C=O) groups excluding carboxylic acids is 1. The van der Waals surface area contributed by atoms with Gasteiger partial charge in [0.25, 0.3) is 0 Å². The zero-order valence-corrected chi connectivity index (χ0v) is 10.6. The summed E-state index contributed by atoms with van der Waals surface area (Å²) in [6, 6.07) is 3.97. The first-order valence-corrected chi connectivity index (χ1v) is 6.58. The summed E-state index contributed by atoms with van der Waals surface area (Å²) < 4.78 is 0. The molecule has 0 spiro atoms. The first-order chi connectivity index (χ1) is 8.83. The minimum Gasteiger partial charge on any atom is -0.345 e. The molecule has 90 valence electrons. The summed E-state index contributed by atoms with van der Waals surface area (Å²) in [4.78, 5) is 24.1. The minimum absolute atomic E-state index is 0.625. The SMILES string of the molecule is CCc1nc(-c2cccs2)nc2[nH]cc(C=O)c12. The lowest BCUT2D eigenvalue weighted by Crippen LogP contribution is -1.96. The molecule has 0 aliphatic carbocycles. The van der Waals surface area contributed by atoms with Crippen LogP contribution in [-0.2, 0) is 6.42 Å². The van der Waals surface area contributed by atoms with Crippen LogP contribution in [0, 0.1) is 0 Å². The van der Waals surface area contributed by atoms with Crippen molar-refractivity contribution >= 4 is 28.7 Å². The highest BCUT2D eigenvalue weighted by Crippen LogP contribution is 2.26. The quantitative estimate of drug-likeness (QED) is 0.733. The van der Waals surface area contributed by atoms with Gasteiger partial charge in [-0.2, -0.15) is 0 Å².